The van der Waals surface area contributed by atoms with Gasteiger partial charge in [0, 0.05) is 19.2 Å². The second-order valence-corrected chi connectivity index (χ2v) is 9.61. The summed E-state index contributed by atoms with van der Waals surface area (Å²) in [6.07, 6.45) is 7.77. The molecule has 6 rings (SSSR count). The third kappa shape index (κ3) is 4.91. The van der Waals surface area contributed by atoms with Crippen molar-refractivity contribution < 1.29 is 19.0 Å². The summed E-state index contributed by atoms with van der Waals surface area (Å²) in [4.78, 5) is 15.3. The molecule has 6 heteroatoms. The van der Waals surface area contributed by atoms with Crippen molar-refractivity contribution in [2.75, 3.05) is 39.5 Å². The first-order valence-electron chi connectivity index (χ1n) is 12.2. The Morgan fingerprint density at radius 2 is 1.84 bits per heavy atom. The third-order valence-electron chi connectivity index (χ3n) is 7.69. The van der Waals surface area contributed by atoms with Crippen molar-refractivity contribution in [1.29, 1.82) is 0 Å². The van der Waals surface area contributed by atoms with E-state index < -0.39 is 0 Å². The Labute approximate surface area is 185 Å². The summed E-state index contributed by atoms with van der Waals surface area (Å²) >= 11 is 0. The highest BCUT2D eigenvalue weighted by molar-refractivity contribution is 5.79. The lowest BCUT2D eigenvalue weighted by atomic mass is 9.82. The maximum absolute atomic E-state index is 12.8. The Morgan fingerprint density at radius 1 is 0.968 bits per heavy atom. The number of carbonyl (C=O) groups excluding carboxylic acids is 1. The van der Waals surface area contributed by atoms with E-state index in [0.717, 1.165) is 63.8 Å². The number of hydrogen-bond donors (Lipinski definition) is 1. The Kier molecular flexibility index (Phi) is 6.77. The van der Waals surface area contributed by atoms with Crippen LogP contribution in [0.15, 0.2) is 24.3 Å². The maximum atomic E-state index is 12.8. The van der Waals surface area contributed by atoms with E-state index in [4.69, 9.17) is 14.2 Å². The molecule has 3 atom stereocenters. The van der Waals surface area contributed by atoms with Crippen molar-refractivity contribution in [1.82, 2.24) is 10.2 Å². The molecule has 1 aromatic rings. The van der Waals surface area contributed by atoms with Gasteiger partial charge in [0.1, 0.15) is 12.4 Å². The molecule has 0 spiro atoms. The quantitative estimate of drug-likeness (QED) is 0.784. The van der Waals surface area contributed by atoms with E-state index >= 15 is 0 Å². The predicted octanol–water partition coefficient (Wildman–Crippen LogP) is 3.11. The summed E-state index contributed by atoms with van der Waals surface area (Å²) < 4.78 is 18.2. The van der Waals surface area contributed by atoms with Gasteiger partial charge in [-0.05, 0) is 69.0 Å². The summed E-state index contributed by atoms with van der Waals surface area (Å²) in [7, 11) is 0. The summed E-state index contributed by atoms with van der Waals surface area (Å²) in [6.45, 7) is 4.50. The van der Waals surface area contributed by atoms with Gasteiger partial charge in [0.2, 0.25) is 5.91 Å². The average molecular weight is 429 g/mol. The van der Waals surface area contributed by atoms with E-state index in [2.05, 4.69) is 34.5 Å². The molecule has 1 aliphatic carbocycles. The Balaban J connectivity index is 1.31. The Hall–Kier alpha value is -1.63. The highest BCUT2D eigenvalue weighted by atomic mass is 16.5. The zero-order valence-electron chi connectivity index (χ0n) is 18.5. The van der Waals surface area contributed by atoms with E-state index in [9.17, 15) is 4.79 Å². The molecule has 0 radical (unpaired) electrons. The lowest BCUT2D eigenvalue weighted by molar-refractivity contribution is -0.127. The largest absolute Gasteiger partial charge is 0.492 e. The number of nitrogens with zero attached hydrogens (tertiary/aromatic N) is 1. The lowest BCUT2D eigenvalue weighted by Crippen LogP contribution is -2.59. The number of hydrogen-bond acceptors (Lipinski definition) is 5. The molecule has 2 saturated heterocycles. The monoisotopic (exact) mass is 428 g/mol. The van der Waals surface area contributed by atoms with E-state index in [1.807, 2.05) is 0 Å². The Morgan fingerprint density at radius 3 is 2.68 bits per heavy atom. The standard InChI is InChI=1S/C25H36N2O4/c28-25(19-11-14-29-16-19)26-22-5-3-12-27-13-15-30-24-6-2-1-4-21(24)18-7-9-20(10-8-18)31-17-23(22)27/h1-2,4,6,18-20,22-23H,3,5,7-17H2,(H,26,28)/t18?,19-,20?,22-,23-/m0/s1. The van der Waals surface area contributed by atoms with Crippen molar-refractivity contribution in [2.24, 2.45) is 5.92 Å². The first kappa shape index (κ1) is 21.2. The van der Waals surface area contributed by atoms with Crippen molar-refractivity contribution in [3.05, 3.63) is 29.8 Å². The van der Waals surface area contributed by atoms with Crippen molar-refractivity contribution in [2.45, 2.75) is 69.1 Å². The van der Waals surface area contributed by atoms with Gasteiger partial charge in [-0.1, -0.05) is 18.2 Å². The van der Waals surface area contributed by atoms with Gasteiger partial charge in [0.25, 0.3) is 0 Å². The minimum absolute atomic E-state index is 0.00108. The minimum Gasteiger partial charge on any atom is -0.492 e. The highest BCUT2D eigenvalue weighted by Gasteiger charge is 2.36. The molecular formula is C25H36N2O4. The second kappa shape index (κ2) is 9.88. The van der Waals surface area contributed by atoms with Crippen LogP contribution >= 0.6 is 0 Å². The van der Waals surface area contributed by atoms with Gasteiger partial charge < -0.3 is 19.5 Å². The normalized spacial score (nSPS) is 34.4. The van der Waals surface area contributed by atoms with Gasteiger partial charge in [0.05, 0.1) is 31.3 Å². The highest BCUT2D eigenvalue weighted by Crippen LogP contribution is 2.38. The topological polar surface area (TPSA) is 60.0 Å². The van der Waals surface area contributed by atoms with Crippen LogP contribution < -0.4 is 10.1 Å². The number of benzene rings is 1. The minimum atomic E-state index is 0.00108. The summed E-state index contributed by atoms with van der Waals surface area (Å²) in [5.74, 6) is 1.77. The van der Waals surface area contributed by atoms with E-state index in [-0.39, 0.29) is 23.9 Å². The van der Waals surface area contributed by atoms with Crippen LogP contribution in [0.1, 0.15) is 56.4 Å². The van der Waals surface area contributed by atoms with Gasteiger partial charge >= 0.3 is 0 Å². The fraction of sp³-hybridized carbons (Fsp3) is 0.720. The molecule has 170 valence electrons. The number of ether oxygens (including phenoxy) is 3. The molecule has 4 heterocycles. The van der Waals surface area contributed by atoms with Gasteiger partial charge in [-0.2, -0.15) is 0 Å². The SMILES string of the molecule is O=C(N[C@H]1CCCN2CCOc3ccccc3C3CCC(CC3)OC[C@@H]12)[C@H]1CCOC1. The molecule has 31 heavy (non-hydrogen) atoms. The first-order valence-corrected chi connectivity index (χ1v) is 12.2. The van der Waals surface area contributed by atoms with Crippen LogP contribution in [-0.4, -0.2) is 68.5 Å². The molecular weight excluding hydrogens is 392 g/mol. The molecule has 3 fully saturated rings. The number of carbonyl (C=O) groups is 1. The fourth-order valence-electron chi connectivity index (χ4n) is 5.83. The molecule has 5 aliphatic rings. The van der Waals surface area contributed by atoms with Crippen LogP contribution in [0, 0.1) is 5.92 Å². The van der Waals surface area contributed by atoms with Crippen molar-refractivity contribution in [3.8, 4) is 5.75 Å². The van der Waals surface area contributed by atoms with Crippen LogP contribution in [0.25, 0.3) is 0 Å². The van der Waals surface area contributed by atoms with Crippen molar-refractivity contribution in [3.63, 3.8) is 0 Å². The van der Waals surface area contributed by atoms with Crippen molar-refractivity contribution >= 4 is 5.91 Å². The molecule has 4 aliphatic heterocycles. The number of para-hydroxylation sites is 1. The predicted molar refractivity (Wildman–Crippen MR) is 118 cm³/mol. The molecule has 1 N–H and O–H groups in total. The number of piperidine rings is 1. The fourth-order valence-corrected chi connectivity index (χ4v) is 5.83. The number of fused-ring (bicyclic) bond motifs is 5. The zero-order chi connectivity index (χ0) is 21.0. The molecule has 1 saturated carbocycles. The van der Waals surface area contributed by atoms with Crippen LogP contribution in [0.3, 0.4) is 0 Å². The summed E-state index contributed by atoms with van der Waals surface area (Å²) in [6, 6.07) is 8.91. The van der Waals surface area contributed by atoms with Gasteiger partial charge in [-0.15, -0.1) is 0 Å². The van der Waals surface area contributed by atoms with E-state index in [1.165, 1.54) is 5.56 Å². The van der Waals surface area contributed by atoms with Gasteiger partial charge in [-0.3, -0.25) is 9.69 Å². The number of rotatable bonds is 2. The number of nitrogens with one attached hydrogen (secondary N) is 1. The van der Waals surface area contributed by atoms with Crippen LogP contribution in [-0.2, 0) is 14.3 Å². The molecule has 1 aromatic carbocycles. The smallest absolute Gasteiger partial charge is 0.225 e. The Bertz CT molecular complexity index is 743. The van der Waals surface area contributed by atoms with Crippen LogP contribution in [0.4, 0.5) is 0 Å². The van der Waals surface area contributed by atoms with E-state index in [1.54, 1.807) is 0 Å². The second-order valence-electron chi connectivity index (χ2n) is 9.61. The molecule has 0 aromatic heterocycles. The molecule has 6 nitrogen and oxygen atoms in total. The van der Waals surface area contributed by atoms with Gasteiger partial charge in [0.15, 0.2) is 0 Å². The van der Waals surface area contributed by atoms with E-state index in [0.29, 0.717) is 38.4 Å². The molecule has 0 unspecified atom stereocenters. The average Bonchev–Trinajstić information content (AvgIpc) is 3.35. The lowest BCUT2D eigenvalue weighted by Gasteiger charge is -2.42. The van der Waals surface area contributed by atoms with Crippen LogP contribution in [0.2, 0.25) is 0 Å². The molecule has 1 amide bonds. The summed E-state index contributed by atoms with van der Waals surface area (Å²) in [5, 5.41) is 3.36. The summed E-state index contributed by atoms with van der Waals surface area (Å²) in [5.41, 5.74) is 1.36. The number of amides is 1. The maximum Gasteiger partial charge on any atom is 0.225 e. The third-order valence-corrected chi connectivity index (χ3v) is 7.69. The first-order chi connectivity index (χ1) is 15.3. The van der Waals surface area contributed by atoms with Gasteiger partial charge in [-0.25, -0.2) is 0 Å². The van der Waals surface area contributed by atoms with Crippen LogP contribution in [0.5, 0.6) is 5.75 Å². The zero-order valence-corrected chi connectivity index (χ0v) is 18.5. The molecule has 2 bridgehead atoms.